The van der Waals surface area contributed by atoms with Gasteiger partial charge in [0.25, 0.3) is 0 Å². The van der Waals surface area contributed by atoms with Crippen molar-refractivity contribution in [3.63, 3.8) is 0 Å². The monoisotopic (exact) mass is 331 g/mol. The smallest absolute Gasteiger partial charge is 0.195 e. The minimum atomic E-state index is 0.698. The molecule has 2 aromatic carbocycles. The molecule has 0 bridgehead atoms. The molecule has 0 fully saturated rings. The predicted octanol–water partition coefficient (Wildman–Crippen LogP) is 4.32. The highest BCUT2D eigenvalue weighted by Crippen LogP contribution is 2.28. The van der Waals surface area contributed by atoms with Crippen molar-refractivity contribution < 1.29 is 4.74 Å². The highest BCUT2D eigenvalue weighted by atomic mass is 35.5. The highest BCUT2D eigenvalue weighted by Gasteiger charge is 2.15. The molecule has 112 valence electrons. The van der Waals surface area contributed by atoms with Crippen LogP contribution >= 0.6 is 23.4 Å². The molecule has 0 amide bonds. The summed E-state index contributed by atoms with van der Waals surface area (Å²) >= 11 is 7.51. The average Bonchev–Trinajstić information content (AvgIpc) is 2.99. The first-order chi connectivity index (χ1) is 10.7. The molecular formula is C16H14ClN3OS. The van der Waals surface area contributed by atoms with E-state index in [1.54, 1.807) is 18.9 Å². The molecule has 0 saturated heterocycles. The van der Waals surface area contributed by atoms with Crippen molar-refractivity contribution in [1.29, 1.82) is 0 Å². The quantitative estimate of drug-likeness (QED) is 0.668. The fourth-order valence-corrected chi connectivity index (χ4v) is 2.78. The highest BCUT2D eigenvalue weighted by molar-refractivity contribution is 7.98. The van der Waals surface area contributed by atoms with E-state index in [9.17, 15) is 0 Å². The third-order valence-corrected chi connectivity index (χ3v) is 4.13. The van der Waals surface area contributed by atoms with Crippen molar-refractivity contribution in [1.82, 2.24) is 14.8 Å². The Balaban J connectivity index is 2.12. The minimum Gasteiger partial charge on any atom is -0.497 e. The third-order valence-electron chi connectivity index (χ3n) is 3.25. The Bertz CT molecular complexity index is 769. The van der Waals surface area contributed by atoms with Crippen LogP contribution in [0.5, 0.6) is 5.75 Å². The maximum Gasteiger partial charge on any atom is 0.195 e. The van der Waals surface area contributed by atoms with Gasteiger partial charge < -0.3 is 4.74 Å². The van der Waals surface area contributed by atoms with Crippen molar-refractivity contribution in [2.24, 2.45) is 0 Å². The van der Waals surface area contributed by atoms with E-state index in [1.807, 2.05) is 59.4 Å². The second-order valence-electron chi connectivity index (χ2n) is 4.55. The van der Waals surface area contributed by atoms with Gasteiger partial charge in [0.2, 0.25) is 0 Å². The Hall–Kier alpha value is -1.98. The first-order valence-corrected chi connectivity index (χ1v) is 8.23. The zero-order chi connectivity index (χ0) is 15.5. The lowest BCUT2D eigenvalue weighted by Crippen LogP contribution is -1.99. The first-order valence-electron chi connectivity index (χ1n) is 6.62. The number of rotatable bonds is 4. The van der Waals surface area contributed by atoms with Crippen molar-refractivity contribution >= 4 is 23.4 Å². The van der Waals surface area contributed by atoms with Crippen LogP contribution in [0, 0.1) is 0 Å². The number of benzene rings is 2. The molecule has 3 aromatic rings. The summed E-state index contributed by atoms with van der Waals surface area (Å²) in [5.74, 6) is 1.60. The molecule has 0 aliphatic carbocycles. The summed E-state index contributed by atoms with van der Waals surface area (Å²) in [7, 11) is 1.65. The van der Waals surface area contributed by atoms with Gasteiger partial charge >= 0.3 is 0 Å². The normalized spacial score (nSPS) is 10.7. The van der Waals surface area contributed by atoms with Crippen LogP contribution in [-0.2, 0) is 0 Å². The maximum absolute atomic E-state index is 5.96. The number of ether oxygens (including phenoxy) is 1. The Morgan fingerprint density at radius 2 is 1.68 bits per heavy atom. The summed E-state index contributed by atoms with van der Waals surface area (Å²) < 4.78 is 7.23. The van der Waals surface area contributed by atoms with Crippen LogP contribution in [0.15, 0.2) is 53.7 Å². The van der Waals surface area contributed by atoms with Crippen LogP contribution in [0.2, 0.25) is 5.02 Å². The zero-order valence-electron chi connectivity index (χ0n) is 12.2. The molecule has 4 nitrogen and oxygen atoms in total. The van der Waals surface area contributed by atoms with Crippen molar-refractivity contribution in [2.75, 3.05) is 13.4 Å². The van der Waals surface area contributed by atoms with Gasteiger partial charge in [-0.1, -0.05) is 23.4 Å². The Labute approximate surface area is 138 Å². The van der Waals surface area contributed by atoms with Gasteiger partial charge in [-0.25, -0.2) is 0 Å². The standard InChI is InChI=1S/C16H14ClN3OS/c1-21-14-9-7-13(8-10-14)20-15(18-19-16(20)22-2)11-3-5-12(17)6-4-11/h3-10H,1-2H3. The largest absolute Gasteiger partial charge is 0.497 e. The Morgan fingerprint density at radius 1 is 1.00 bits per heavy atom. The molecule has 6 heteroatoms. The summed E-state index contributed by atoms with van der Waals surface area (Å²) in [5.41, 5.74) is 1.95. The second kappa shape index (κ2) is 6.42. The molecule has 1 aromatic heterocycles. The summed E-state index contributed by atoms with van der Waals surface area (Å²) in [6.07, 6.45) is 1.98. The second-order valence-corrected chi connectivity index (χ2v) is 5.76. The van der Waals surface area contributed by atoms with E-state index in [0.717, 1.165) is 28.0 Å². The fraction of sp³-hybridized carbons (Fsp3) is 0.125. The van der Waals surface area contributed by atoms with Crippen molar-refractivity contribution in [2.45, 2.75) is 5.16 Å². The van der Waals surface area contributed by atoms with E-state index < -0.39 is 0 Å². The molecule has 0 saturated carbocycles. The van der Waals surface area contributed by atoms with E-state index >= 15 is 0 Å². The summed E-state index contributed by atoms with van der Waals surface area (Å²) in [6.45, 7) is 0. The van der Waals surface area contributed by atoms with Gasteiger partial charge in [-0.15, -0.1) is 10.2 Å². The van der Waals surface area contributed by atoms with Crippen LogP contribution in [0.25, 0.3) is 17.1 Å². The summed E-state index contributed by atoms with van der Waals surface area (Å²) in [6, 6.07) is 15.4. The lowest BCUT2D eigenvalue weighted by atomic mass is 10.2. The maximum atomic E-state index is 5.96. The van der Waals surface area contributed by atoms with Gasteiger partial charge in [-0.3, -0.25) is 4.57 Å². The number of methoxy groups -OCH3 is 1. The van der Waals surface area contributed by atoms with Gasteiger partial charge in [-0.05, 0) is 54.8 Å². The first kappa shape index (κ1) is 14.9. The van der Waals surface area contributed by atoms with Gasteiger partial charge in [0, 0.05) is 16.3 Å². The van der Waals surface area contributed by atoms with E-state index in [0.29, 0.717) is 5.02 Å². The van der Waals surface area contributed by atoms with Crippen molar-refractivity contribution in [3.8, 4) is 22.8 Å². The Kier molecular flexibility index (Phi) is 4.36. The van der Waals surface area contributed by atoms with E-state index in [4.69, 9.17) is 16.3 Å². The van der Waals surface area contributed by atoms with Crippen LogP contribution < -0.4 is 4.74 Å². The molecule has 0 unspecified atom stereocenters. The number of nitrogens with zero attached hydrogens (tertiary/aromatic N) is 3. The van der Waals surface area contributed by atoms with Crippen LogP contribution in [0.3, 0.4) is 0 Å². The molecule has 1 heterocycles. The minimum absolute atomic E-state index is 0.698. The lowest BCUT2D eigenvalue weighted by molar-refractivity contribution is 0.414. The summed E-state index contributed by atoms with van der Waals surface area (Å²) in [4.78, 5) is 0. The molecule has 22 heavy (non-hydrogen) atoms. The Morgan fingerprint density at radius 3 is 2.27 bits per heavy atom. The zero-order valence-corrected chi connectivity index (χ0v) is 13.7. The fourth-order valence-electron chi connectivity index (χ4n) is 2.15. The molecule has 0 N–H and O–H groups in total. The lowest BCUT2D eigenvalue weighted by Gasteiger charge is -2.10. The summed E-state index contributed by atoms with van der Waals surface area (Å²) in [5, 5.41) is 10.1. The molecule has 0 radical (unpaired) electrons. The SMILES string of the molecule is COc1ccc(-n2c(SC)nnc2-c2ccc(Cl)cc2)cc1. The average molecular weight is 332 g/mol. The van der Waals surface area contributed by atoms with Gasteiger partial charge in [0.15, 0.2) is 11.0 Å². The molecule has 0 aliphatic rings. The van der Waals surface area contributed by atoms with E-state index in [1.165, 1.54) is 0 Å². The molecule has 0 aliphatic heterocycles. The molecular weight excluding hydrogens is 318 g/mol. The topological polar surface area (TPSA) is 39.9 Å². The van der Waals surface area contributed by atoms with Gasteiger partial charge in [0.05, 0.1) is 7.11 Å². The van der Waals surface area contributed by atoms with Crippen molar-refractivity contribution in [3.05, 3.63) is 53.6 Å². The predicted molar refractivity (Wildman–Crippen MR) is 90.1 cm³/mol. The van der Waals surface area contributed by atoms with E-state index in [-0.39, 0.29) is 0 Å². The third kappa shape index (κ3) is 2.82. The number of hydrogen-bond acceptors (Lipinski definition) is 4. The van der Waals surface area contributed by atoms with Crippen LogP contribution in [0.1, 0.15) is 0 Å². The number of aromatic nitrogens is 3. The number of thioether (sulfide) groups is 1. The van der Waals surface area contributed by atoms with Gasteiger partial charge in [0.1, 0.15) is 5.75 Å². The van der Waals surface area contributed by atoms with E-state index in [2.05, 4.69) is 10.2 Å². The molecule has 3 rings (SSSR count). The van der Waals surface area contributed by atoms with Gasteiger partial charge in [-0.2, -0.15) is 0 Å². The number of hydrogen-bond donors (Lipinski definition) is 0. The number of halogens is 1. The molecule has 0 spiro atoms. The van der Waals surface area contributed by atoms with Crippen LogP contribution in [0.4, 0.5) is 0 Å². The molecule has 0 atom stereocenters. The van der Waals surface area contributed by atoms with Crippen LogP contribution in [-0.4, -0.2) is 28.1 Å².